The lowest BCUT2D eigenvalue weighted by Crippen LogP contribution is -2.33. The van der Waals surface area contributed by atoms with Crippen LogP contribution in [0.2, 0.25) is 0 Å². The summed E-state index contributed by atoms with van der Waals surface area (Å²) in [6.07, 6.45) is 0. The van der Waals surface area contributed by atoms with Crippen LogP contribution in [0.1, 0.15) is 43.9 Å². The Morgan fingerprint density at radius 1 is 1.47 bits per heavy atom. The number of hydrogen-bond acceptors (Lipinski definition) is 3. The van der Waals surface area contributed by atoms with Gasteiger partial charge in [-0.15, -0.1) is 0 Å². The van der Waals surface area contributed by atoms with Gasteiger partial charge in [0.15, 0.2) is 0 Å². The predicted octanol–water partition coefficient (Wildman–Crippen LogP) is 1.50. The van der Waals surface area contributed by atoms with Gasteiger partial charge in [-0.2, -0.15) is 5.10 Å². The molecule has 1 rings (SSSR count). The van der Waals surface area contributed by atoms with Gasteiger partial charge in [-0.3, -0.25) is 14.7 Å². The molecule has 0 fully saturated rings. The second-order valence-electron chi connectivity index (χ2n) is 5.84. The number of carboxylic acid groups (broad SMARTS) is 1. The van der Waals surface area contributed by atoms with E-state index in [1.807, 2.05) is 20.8 Å². The second-order valence-corrected chi connectivity index (χ2v) is 5.84. The first-order chi connectivity index (χ1) is 8.62. The molecule has 0 spiro atoms. The molecular formula is C13H21N3O3. The minimum atomic E-state index is -0.919. The number of carbonyl (C=O) groups excluding carboxylic acids is 1. The van der Waals surface area contributed by atoms with Crippen LogP contribution in [0.3, 0.4) is 0 Å². The molecule has 0 radical (unpaired) electrons. The summed E-state index contributed by atoms with van der Waals surface area (Å²) in [6.45, 7) is 7.78. The smallest absolute Gasteiger partial charge is 0.308 e. The Kier molecular flexibility index (Phi) is 4.34. The minimum absolute atomic E-state index is 0.113. The first-order valence-electron chi connectivity index (χ1n) is 6.17. The van der Waals surface area contributed by atoms with Gasteiger partial charge in [-0.25, -0.2) is 0 Å². The average molecular weight is 267 g/mol. The van der Waals surface area contributed by atoms with Crippen molar-refractivity contribution in [2.45, 2.75) is 33.1 Å². The van der Waals surface area contributed by atoms with Crippen LogP contribution in [0.15, 0.2) is 6.07 Å². The first kappa shape index (κ1) is 15.2. The lowest BCUT2D eigenvalue weighted by molar-refractivity contribution is -0.141. The van der Waals surface area contributed by atoms with Crippen molar-refractivity contribution >= 4 is 11.9 Å². The van der Waals surface area contributed by atoms with Gasteiger partial charge in [0.25, 0.3) is 5.91 Å². The number of H-pyrrole nitrogens is 1. The maximum Gasteiger partial charge on any atom is 0.308 e. The monoisotopic (exact) mass is 267 g/mol. The van der Waals surface area contributed by atoms with Crippen LogP contribution in [0.25, 0.3) is 0 Å². The van der Waals surface area contributed by atoms with Crippen LogP contribution in [0, 0.1) is 5.92 Å². The summed E-state index contributed by atoms with van der Waals surface area (Å²) < 4.78 is 0. The molecule has 1 aromatic rings. The first-order valence-corrected chi connectivity index (χ1v) is 6.17. The van der Waals surface area contributed by atoms with Crippen molar-refractivity contribution in [3.05, 3.63) is 17.5 Å². The maximum absolute atomic E-state index is 12.1. The number of nitrogens with one attached hydrogen (secondary N) is 1. The van der Waals surface area contributed by atoms with Crippen molar-refractivity contribution in [3.63, 3.8) is 0 Å². The molecule has 0 bridgehead atoms. The summed E-state index contributed by atoms with van der Waals surface area (Å²) in [5, 5.41) is 15.7. The zero-order valence-electron chi connectivity index (χ0n) is 12.0. The number of amides is 1. The van der Waals surface area contributed by atoms with Crippen molar-refractivity contribution in [1.82, 2.24) is 15.1 Å². The fourth-order valence-electron chi connectivity index (χ4n) is 1.58. The third-order valence-electron chi connectivity index (χ3n) is 2.92. The number of nitrogens with zero attached hydrogens (tertiary/aromatic N) is 2. The summed E-state index contributed by atoms with van der Waals surface area (Å²) in [7, 11) is 1.58. The summed E-state index contributed by atoms with van der Waals surface area (Å²) in [5.41, 5.74) is 1.07. The lowest BCUT2D eigenvalue weighted by Gasteiger charge is -2.18. The fraction of sp³-hybridized carbons (Fsp3) is 0.615. The van der Waals surface area contributed by atoms with Crippen LogP contribution in [0.5, 0.6) is 0 Å². The van der Waals surface area contributed by atoms with Crippen LogP contribution in [-0.4, -0.2) is 45.7 Å². The number of aromatic nitrogens is 2. The van der Waals surface area contributed by atoms with Gasteiger partial charge in [-0.1, -0.05) is 27.7 Å². The zero-order chi connectivity index (χ0) is 14.8. The summed E-state index contributed by atoms with van der Waals surface area (Å²) >= 11 is 0. The van der Waals surface area contributed by atoms with E-state index >= 15 is 0 Å². The van der Waals surface area contributed by atoms with Gasteiger partial charge in [0, 0.05) is 24.7 Å². The summed E-state index contributed by atoms with van der Waals surface area (Å²) in [6, 6.07) is 1.71. The number of hydrogen-bond donors (Lipinski definition) is 2. The fourth-order valence-corrected chi connectivity index (χ4v) is 1.58. The van der Waals surface area contributed by atoms with E-state index in [0.717, 1.165) is 5.69 Å². The van der Waals surface area contributed by atoms with Crippen molar-refractivity contribution < 1.29 is 14.7 Å². The number of aromatic amines is 1. The molecule has 1 atom stereocenters. The normalized spacial score (nSPS) is 13.1. The Morgan fingerprint density at radius 3 is 2.47 bits per heavy atom. The largest absolute Gasteiger partial charge is 0.481 e. The van der Waals surface area contributed by atoms with Crippen LogP contribution < -0.4 is 0 Å². The predicted molar refractivity (Wildman–Crippen MR) is 71.0 cm³/mol. The summed E-state index contributed by atoms with van der Waals surface area (Å²) in [4.78, 5) is 24.2. The number of carboxylic acids is 1. The highest BCUT2D eigenvalue weighted by Gasteiger charge is 2.23. The van der Waals surface area contributed by atoms with Crippen LogP contribution >= 0.6 is 0 Å². The Bertz CT molecular complexity index is 474. The third-order valence-corrected chi connectivity index (χ3v) is 2.92. The van der Waals surface area contributed by atoms with E-state index in [1.54, 1.807) is 20.0 Å². The zero-order valence-corrected chi connectivity index (χ0v) is 12.0. The van der Waals surface area contributed by atoms with Gasteiger partial charge < -0.3 is 10.0 Å². The minimum Gasteiger partial charge on any atom is -0.481 e. The third kappa shape index (κ3) is 3.81. The molecular weight excluding hydrogens is 246 g/mol. The van der Waals surface area contributed by atoms with Gasteiger partial charge in [-0.05, 0) is 6.07 Å². The Morgan fingerprint density at radius 2 is 2.05 bits per heavy atom. The highest BCUT2D eigenvalue weighted by atomic mass is 16.4. The average Bonchev–Trinajstić information content (AvgIpc) is 2.76. The van der Waals surface area contributed by atoms with E-state index in [-0.39, 0.29) is 17.9 Å². The quantitative estimate of drug-likeness (QED) is 0.865. The second kappa shape index (κ2) is 5.42. The molecule has 0 aliphatic heterocycles. The molecule has 0 unspecified atom stereocenters. The molecule has 19 heavy (non-hydrogen) atoms. The Hall–Kier alpha value is -1.85. The molecule has 0 aromatic carbocycles. The van der Waals surface area contributed by atoms with Crippen LogP contribution in [0.4, 0.5) is 0 Å². The van der Waals surface area contributed by atoms with E-state index in [1.165, 1.54) is 4.90 Å². The van der Waals surface area contributed by atoms with Crippen LogP contribution in [-0.2, 0) is 10.2 Å². The molecule has 0 saturated heterocycles. The van der Waals surface area contributed by atoms with Gasteiger partial charge in [0.05, 0.1) is 5.92 Å². The van der Waals surface area contributed by atoms with Crippen molar-refractivity contribution in [3.8, 4) is 0 Å². The van der Waals surface area contributed by atoms with Crippen molar-refractivity contribution in [1.29, 1.82) is 0 Å². The molecule has 1 aromatic heterocycles. The maximum atomic E-state index is 12.1. The van der Waals surface area contributed by atoms with E-state index in [2.05, 4.69) is 10.2 Å². The molecule has 106 valence electrons. The molecule has 0 aliphatic rings. The molecule has 0 saturated carbocycles. The van der Waals surface area contributed by atoms with Crippen molar-refractivity contribution in [2.24, 2.45) is 5.92 Å². The van der Waals surface area contributed by atoms with Crippen molar-refractivity contribution in [2.75, 3.05) is 13.6 Å². The molecule has 6 heteroatoms. The lowest BCUT2D eigenvalue weighted by atomic mass is 9.92. The number of carbonyl (C=O) groups is 2. The SMILES string of the molecule is C[C@@H](CN(C)C(=O)c1cc(C(C)(C)C)[nH]n1)C(=O)O. The topological polar surface area (TPSA) is 86.3 Å². The number of aliphatic carboxylic acids is 1. The van der Waals surface area contributed by atoms with Gasteiger partial charge in [0.2, 0.25) is 0 Å². The molecule has 2 N–H and O–H groups in total. The summed E-state index contributed by atoms with van der Waals surface area (Å²) in [5.74, 6) is -1.80. The van der Waals surface area contributed by atoms with E-state index in [4.69, 9.17) is 5.11 Å². The van der Waals surface area contributed by atoms with E-state index in [0.29, 0.717) is 5.69 Å². The van der Waals surface area contributed by atoms with E-state index < -0.39 is 11.9 Å². The standard InChI is InChI=1S/C13H21N3O3/c1-8(12(18)19)7-16(5)11(17)9-6-10(15-14-9)13(2,3)4/h6,8H,7H2,1-5H3,(H,14,15)(H,18,19)/t8-/m0/s1. The molecule has 1 amide bonds. The highest BCUT2D eigenvalue weighted by molar-refractivity contribution is 5.92. The molecule has 1 heterocycles. The Labute approximate surface area is 112 Å². The Balaban J connectivity index is 2.78. The van der Waals surface area contributed by atoms with E-state index in [9.17, 15) is 9.59 Å². The molecule has 0 aliphatic carbocycles. The number of rotatable bonds is 4. The molecule has 6 nitrogen and oxygen atoms in total. The highest BCUT2D eigenvalue weighted by Crippen LogP contribution is 2.20. The van der Waals surface area contributed by atoms with Gasteiger partial charge in [0.1, 0.15) is 5.69 Å². The van der Waals surface area contributed by atoms with Gasteiger partial charge >= 0.3 is 5.97 Å².